The maximum absolute atomic E-state index is 12.8. The van der Waals surface area contributed by atoms with E-state index in [1.165, 1.54) is 0 Å². The molecule has 1 amide bonds. The summed E-state index contributed by atoms with van der Waals surface area (Å²) in [7, 11) is 0. The van der Waals surface area contributed by atoms with Crippen LogP contribution in [0.4, 0.5) is 5.69 Å². The number of anilines is 1. The zero-order valence-electron chi connectivity index (χ0n) is 15.9. The lowest BCUT2D eigenvalue weighted by atomic mass is 10.2. The van der Waals surface area contributed by atoms with Crippen LogP contribution >= 0.6 is 0 Å². The molecule has 7 heteroatoms. The maximum Gasteiger partial charge on any atom is 0.258 e. The number of amides is 1. The molecule has 4 rings (SSSR count). The summed E-state index contributed by atoms with van der Waals surface area (Å²) in [6.45, 7) is 2.50. The fraction of sp³-hybridized carbons (Fsp3) is 0.136. The molecule has 1 aliphatic heterocycles. The molecule has 0 saturated heterocycles. The van der Waals surface area contributed by atoms with E-state index in [0.29, 0.717) is 29.6 Å². The number of hydrogen-bond acceptors (Lipinski definition) is 5. The van der Waals surface area contributed by atoms with Crippen molar-refractivity contribution in [1.82, 2.24) is 10.3 Å². The number of nitrogens with one attached hydrogen (secondary N) is 2. The average Bonchev–Trinajstić information content (AvgIpc) is 3.22. The Bertz CT molecular complexity index is 1030. The number of aliphatic imine (C=N–C) groups is 1. The molecule has 29 heavy (non-hydrogen) atoms. The van der Waals surface area contributed by atoms with Gasteiger partial charge in [0.2, 0.25) is 12.8 Å². The van der Waals surface area contributed by atoms with E-state index in [1.54, 1.807) is 24.4 Å². The summed E-state index contributed by atoms with van der Waals surface area (Å²) in [6, 6.07) is 18.5. The second-order valence-corrected chi connectivity index (χ2v) is 6.50. The number of guanidine groups is 1. The molecule has 0 fully saturated rings. The van der Waals surface area contributed by atoms with E-state index in [1.807, 2.05) is 49.4 Å². The third-order valence-electron chi connectivity index (χ3n) is 4.31. The molecule has 0 saturated carbocycles. The summed E-state index contributed by atoms with van der Waals surface area (Å²) < 4.78 is 10.6. The third-order valence-corrected chi connectivity index (χ3v) is 4.31. The number of pyridine rings is 1. The minimum atomic E-state index is -0.303. The molecule has 146 valence electrons. The van der Waals surface area contributed by atoms with Crippen molar-refractivity contribution in [2.24, 2.45) is 4.99 Å². The zero-order chi connectivity index (χ0) is 20.1. The molecule has 0 bridgehead atoms. The van der Waals surface area contributed by atoms with Crippen LogP contribution in [0.15, 0.2) is 71.9 Å². The number of ether oxygens (including phenoxy) is 2. The first kappa shape index (κ1) is 18.5. The number of aryl methyl sites for hydroxylation is 1. The van der Waals surface area contributed by atoms with E-state index in [4.69, 9.17) is 9.47 Å². The Morgan fingerprint density at radius 1 is 1.07 bits per heavy atom. The van der Waals surface area contributed by atoms with Gasteiger partial charge in [0.1, 0.15) is 0 Å². The van der Waals surface area contributed by atoms with E-state index in [0.717, 1.165) is 16.9 Å². The molecule has 1 aliphatic rings. The SMILES string of the molecule is Cc1ccc(NC(=NCc2ccccn2)NC(=O)c2ccc3c(c2)OCO3)cc1. The molecule has 1 aromatic heterocycles. The smallest absolute Gasteiger partial charge is 0.258 e. The molecule has 0 aliphatic carbocycles. The number of rotatable bonds is 4. The van der Waals surface area contributed by atoms with Gasteiger partial charge in [-0.1, -0.05) is 23.8 Å². The van der Waals surface area contributed by atoms with Crippen molar-refractivity contribution in [2.75, 3.05) is 12.1 Å². The molecule has 2 aromatic carbocycles. The highest BCUT2D eigenvalue weighted by Crippen LogP contribution is 2.32. The van der Waals surface area contributed by atoms with Crippen molar-refractivity contribution in [2.45, 2.75) is 13.5 Å². The van der Waals surface area contributed by atoms with Crippen LogP contribution in [0, 0.1) is 6.92 Å². The molecule has 0 atom stereocenters. The largest absolute Gasteiger partial charge is 0.454 e. The number of fused-ring (bicyclic) bond motifs is 1. The van der Waals surface area contributed by atoms with Crippen LogP contribution in [0.2, 0.25) is 0 Å². The molecular formula is C22H20N4O3. The molecule has 0 spiro atoms. The summed E-state index contributed by atoms with van der Waals surface area (Å²) >= 11 is 0. The van der Waals surface area contributed by atoms with Crippen LogP contribution in [0.25, 0.3) is 0 Å². The summed E-state index contributed by atoms with van der Waals surface area (Å²) in [5.41, 5.74) is 3.21. The van der Waals surface area contributed by atoms with Crippen molar-refractivity contribution < 1.29 is 14.3 Å². The van der Waals surface area contributed by atoms with Crippen LogP contribution in [-0.4, -0.2) is 23.6 Å². The van der Waals surface area contributed by atoms with Crippen LogP contribution in [0.5, 0.6) is 11.5 Å². The fourth-order valence-electron chi connectivity index (χ4n) is 2.75. The van der Waals surface area contributed by atoms with Gasteiger partial charge in [-0.2, -0.15) is 0 Å². The van der Waals surface area contributed by atoms with Crippen molar-refractivity contribution in [3.8, 4) is 11.5 Å². The highest BCUT2D eigenvalue weighted by atomic mass is 16.7. The third kappa shape index (κ3) is 4.70. The zero-order valence-corrected chi connectivity index (χ0v) is 15.9. The van der Waals surface area contributed by atoms with Gasteiger partial charge in [-0.05, 0) is 49.4 Å². The Morgan fingerprint density at radius 3 is 2.69 bits per heavy atom. The Kier molecular flexibility index (Phi) is 5.38. The number of carbonyl (C=O) groups is 1. The monoisotopic (exact) mass is 388 g/mol. The Hall–Kier alpha value is -3.87. The topological polar surface area (TPSA) is 84.8 Å². The number of benzene rings is 2. The van der Waals surface area contributed by atoms with E-state index in [2.05, 4.69) is 20.6 Å². The van der Waals surface area contributed by atoms with E-state index >= 15 is 0 Å². The van der Waals surface area contributed by atoms with Gasteiger partial charge in [-0.25, -0.2) is 4.99 Å². The average molecular weight is 388 g/mol. The first-order valence-electron chi connectivity index (χ1n) is 9.16. The summed E-state index contributed by atoms with van der Waals surface area (Å²) in [4.78, 5) is 21.5. The lowest BCUT2D eigenvalue weighted by Crippen LogP contribution is -2.36. The van der Waals surface area contributed by atoms with Crippen LogP contribution in [0.3, 0.4) is 0 Å². The Labute approximate surface area is 168 Å². The first-order valence-corrected chi connectivity index (χ1v) is 9.16. The number of carbonyl (C=O) groups excluding carboxylic acids is 1. The standard InChI is InChI=1S/C22H20N4O3/c1-15-5-8-17(9-6-15)25-22(24-13-18-4-2-3-11-23-18)26-21(27)16-7-10-19-20(12-16)29-14-28-19/h2-12H,13-14H2,1H3,(H2,24,25,26,27). The summed E-state index contributed by atoms with van der Waals surface area (Å²) in [5, 5.41) is 6.00. The van der Waals surface area contributed by atoms with Gasteiger partial charge in [0.15, 0.2) is 11.5 Å². The van der Waals surface area contributed by atoms with Gasteiger partial charge in [-0.15, -0.1) is 0 Å². The van der Waals surface area contributed by atoms with E-state index in [9.17, 15) is 4.79 Å². The quantitative estimate of drug-likeness (QED) is 0.528. The van der Waals surface area contributed by atoms with Crippen LogP contribution in [-0.2, 0) is 6.54 Å². The van der Waals surface area contributed by atoms with Crippen molar-refractivity contribution in [3.05, 3.63) is 83.7 Å². The second-order valence-electron chi connectivity index (χ2n) is 6.50. The lowest BCUT2D eigenvalue weighted by Gasteiger charge is -2.12. The van der Waals surface area contributed by atoms with Gasteiger partial charge in [-0.3, -0.25) is 15.1 Å². The molecule has 2 heterocycles. The van der Waals surface area contributed by atoms with Crippen molar-refractivity contribution in [3.63, 3.8) is 0 Å². The van der Waals surface area contributed by atoms with E-state index < -0.39 is 0 Å². The molecule has 0 radical (unpaired) electrons. The molecule has 2 N–H and O–H groups in total. The van der Waals surface area contributed by atoms with Gasteiger partial charge < -0.3 is 14.8 Å². The minimum Gasteiger partial charge on any atom is -0.454 e. The normalized spacial score (nSPS) is 12.5. The second kappa shape index (κ2) is 8.43. The molecule has 0 unspecified atom stereocenters. The minimum absolute atomic E-state index is 0.159. The Balaban J connectivity index is 1.53. The maximum atomic E-state index is 12.8. The van der Waals surface area contributed by atoms with Gasteiger partial charge in [0.25, 0.3) is 5.91 Å². The predicted molar refractivity (Wildman–Crippen MR) is 110 cm³/mol. The molecule has 3 aromatic rings. The van der Waals surface area contributed by atoms with Crippen LogP contribution in [0.1, 0.15) is 21.6 Å². The van der Waals surface area contributed by atoms with Gasteiger partial charge >= 0.3 is 0 Å². The predicted octanol–water partition coefficient (Wildman–Crippen LogP) is 3.52. The number of nitrogens with zero attached hydrogens (tertiary/aromatic N) is 2. The molecular weight excluding hydrogens is 368 g/mol. The highest BCUT2D eigenvalue weighted by molar-refractivity contribution is 6.10. The first-order chi connectivity index (χ1) is 14.2. The molecule has 7 nitrogen and oxygen atoms in total. The van der Waals surface area contributed by atoms with Crippen molar-refractivity contribution in [1.29, 1.82) is 0 Å². The van der Waals surface area contributed by atoms with E-state index in [-0.39, 0.29) is 12.7 Å². The highest BCUT2D eigenvalue weighted by Gasteiger charge is 2.17. The summed E-state index contributed by atoms with van der Waals surface area (Å²) in [6.07, 6.45) is 1.71. The van der Waals surface area contributed by atoms with Crippen molar-refractivity contribution >= 4 is 17.6 Å². The Morgan fingerprint density at radius 2 is 1.90 bits per heavy atom. The summed E-state index contributed by atoms with van der Waals surface area (Å²) in [5.74, 6) is 1.21. The lowest BCUT2D eigenvalue weighted by molar-refractivity contribution is 0.0976. The van der Waals surface area contributed by atoms with Gasteiger partial charge in [0.05, 0.1) is 12.2 Å². The van der Waals surface area contributed by atoms with Crippen LogP contribution < -0.4 is 20.1 Å². The van der Waals surface area contributed by atoms with Gasteiger partial charge in [0, 0.05) is 17.4 Å². The number of aromatic nitrogens is 1. The fourth-order valence-corrected chi connectivity index (χ4v) is 2.75. The number of hydrogen-bond donors (Lipinski definition) is 2.